The predicted octanol–water partition coefficient (Wildman–Crippen LogP) is 1.81. The molecule has 0 saturated carbocycles. The molecule has 0 fully saturated rings. The molecule has 2 unspecified atom stereocenters. The molecule has 6 nitrogen and oxygen atoms in total. The Balaban J connectivity index is 2.74. The van der Waals surface area contributed by atoms with Gasteiger partial charge < -0.3 is 20.3 Å². The number of nitriles is 1. The molecule has 3 N–H and O–H groups in total. The van der Waals surface area contributed by atoms with Gasteiger partial charge in [-0.25, -0.2) is 9.18 Å². The smallest absolute Gasteiger partial charge is 0.407 e. The number of nitrogens with zero attached hydrogens (tertiary/aromatic N) is 1. The first-order valence-electron chi connectivity index (χ1n) is 7.12. The molecule has 0 aliphatic heterocycles. The molecule has 1 rings (SSSR count). The second-order valence-electron chi connectivity index (χ2n) is 6.07. The topological polar surface area (TPSA) is 103 Å². The fraction of sp³-hybridized carbons (Fsp3) is 0.500. The van der Waals surface area contributed by atoms with Gasteiger partial charge in [0.2, 0.25) is 0 Å². The largest absolute Gasteiger partial charge is 0.444 e. The molecule has 2 atom stereocenters. The average Bonchev–Trinajstić information content (AvgIpc) is 2.44. The molecule has 0 aromatic heterocycles. The summed E-state index contributed by atoms with van der Waals surface area (Å²) in [7, 11) is 0. The summed E-state index contributed by atoms with van der Waals surface area (Å²) in [5.41, 5.74) is -0.154. The maximum absolute atomic E-state index is 13.3. The van der Waals surface area contributed by atoms with Crippen molar-refractivity contribution >= 4 is 6.09 Å². The lowest BCUT2D eigenvalue weighted by Gasteiger charge is -2.23. The molecule has 126 valence electrons. The zero-order valence-corrected chi connectivity index (χ0v) is 13.3. The summed E-state index contributed by atoms with van der Waals surface area (Å²) >= 11 is 0. The van der Waals surface area contributed by atoms with E-state index in [1.807, 2.05) is 6.07 Å². The van der Waals surface area contributed by atoms with Crippen molar-refractivity contribution in [2.45, 2.75) is 45.0 Å². The summed E-state index contributed by atoms with van der Waals surface area (Å²) in [6.07, 6.45) is -3.58. The van der Waals surface area contributed by atoms with Crippen LogP contribution in [0.4, 0.5) is 9.18 Å². The van der Waals surface area contributed by atoms with Crippen molar-refractivity contribution in [3.05, 3.63) is 35.1 Å². The van der Waals surface area contributed by atoms with Gasteiger partial charge in [0.1, 0.15) is 23.6 Å². The van der Waals surface area contributed by atoms with Crippen molar-refractivity contribution < 1.29 is 24.1 Å². The summed E-state index contributed by atoms with van der Waals surface area (Å²) in [6.45, 7) is 4.80. The van der Waals surface area contributed by atoms with Gasteiger partial charge in [-0.15, -0.1) is 0 Å². The van der Waals surface area contributed by atoms with Crippen LogP contribution in [0, 0.1) is 17.1 Å². The molecular formula is C16H21FN2O4. The third-order valence-electron chi connectivity index (χ3n) is 2.91. The highest BCUT2D eigenvalue weighted by Crippen LogP contribution is 2.23. The first-order valence-corrected chi connectivity index (χ1v) is 7.12. The van der Waals surface area contributed by atoms with Crippen molar-refractivity contribution in [1.82, 2.24) is 5.32 Å². The number of hydrogen-bond acceptors (Lipinski definition) is 5. The highest BCUT2D eigenvalue weighted by Gasteiger charge is 2.23. The van der Waals surface area contributed by atoms with E-state index in [0.29, 0.717) is 5.56 Å². The van der Waals surface area contributed by atoms with Crippen LogP contribution in [0.5, 0.6) is 0 Å². The van der Waals surface area contributed by atoms with Crippen LogP contribution < -0.4 is 5.32 Å². The van der Waals surface area contributed by atoms with E-state index < -0.39 is 29.7 Å². The van der Waals surface area contributed by atoms with Gasteiger partial charge in [-0.05, 0) is 44.0 Å². The maximum Gasteiger partial charge on any atom is 0.407 e. The Bertz CT molecular complexity index is 593. The van der Waals surface area contributed by atoms with E-state index in [0.717, 1.165) is 6.07 Å². The molecule has 1 amide bonds. The Morgan fingerprint density at radius 3 is 2.65 bits per heavy atom. The molecule has 1 aromatic rings. The lowest BCUT2D eigenvalue weighted by Crippen LogP contribution is -2.39. The van der Waals surface area contributed by atoms with Crippen molar-refractivity contribution in [2.24, 2.45) is 0 Å². The van der Waals surface area contributed by atoms with Crippen LogP contribution in [0.2, 0.25) is 0 Å². The van der Waals surface area contributed by atoms with E-state index in [9.17, 15) is 19.4 Å². The normalized spacial score (nSPS) is 13.8. The molecule has 0 spiro atoms. The van der Waals surface area contributed by atoms with E-state index in [-0.39, 0.29) is 18.5 Å². The zero-order chi connectivity index (χ0) is 17.6. The average molecular weight is 324 g/mol. The van der Waals surface area contributed by atoms with Gasteiger partial charge in [-0.3, -0.25) is 0 Å². The predicted molar refractivity (Wildman–Crippen MR) is 80.9 cm³/mol. The van der Waals surface area contributed by atoms with E-state index >= 15 is 0 Å². The lowest BCUT2D eigenvalue weighted by atomic mass is 9.96. The number of nitrogens with one attached hydrogen (secondary N) is 1. The third-order valence-corrected chi connectivity index (χ3v) is 2.91. The quantitative estimate of drug-likeness (QED) is 0.766. The van der Waals surface area contributed by atoms with Crippen molar-refractivity contribution in [3.63, 3.8) is 0 Å². The van der Waals surface area contributed by atoms with Gasteiger partial charge in [-0.2, -0.15) is 5.26 Å². The van der Waals surface area contributed by atoms with Crippen LogP contribution in [0.3, 0.4) is 0 Å². The Kier molecular flexibility index (Phi) is 6.49. The Morgan fingerprint density at radius 2 is 2.09 bits per heavy atom. The van der Waals surface area contributed by atoms with Gasteiger partial charge in [0, 0.05) is 6.54 Å². The number of carbonyl (C=O) groups is 1. The summed E-state index contributed by atoms with van der Waals surface area (Å²) in [4.78, 5) is 11.5. The van der Waals surface area contributed by atoms with Crippen LogP contribution in [0.1, 0.15) is 38.0 Å². The summed E-state index contributed by atoms with van der Waals surface area (Å²) < 4.78 is 18.4. The molecule has 0 bridgehead atoms. The fourth-order valence-electron chi connectivity index (χ4n) is 1.91. The number of benzene rings is 1. The van der Waals surface area contributed by atoms with Crippen molar-refractivity contribution in [1.29, 1.82) is 5.26 Å². The fourth-order valence-corrected chi connectivity index (χ4v) is 1.91. The summed E-state index contributed by atoms with van der Waals surface area (Å²) in [6, 6.07) is 5.53. The molecule has 0 aliphatic rings. The monoisotopic (exact) mass is 324 g/mol. The lowest BCUT2D eigenvalue weighted by molar-refractivity contribution is 0.0124. The summed E-state index contributed by atoms with van der Waals surface area (Å²) in [5.74, 6) is -0.590. The number of aliphatic hydroxyl groups is 2. The molecule has 1 aromatic carbocycles. The first kappa shape index (κ1) is 18.9. The van der Waals surface area contributed by atoms with Crippen molar-refractivity contribution in [2.75, 3.05) is 6.54 Å². The van der Waals surface area contributed by atoms with Crippen LogP contribution >= 0.6 is 0 Å². The van der Waals surface area contributed by atoms with Gasteiger partial charge in [-0.1, -0.05) is 6.07 Å². The van der Waals surface area contributed by atoms with Crippen LogP contribution in [-0.4, -0.2) is 34.6 Å². The number of amides is 1. The number of alkyl carbamates (subject to hydrolysis) is 1. The molecule has 0 radical (unpaired) electrons. The molecule has 0 aliphatic carbocycles. The van der Waals surface area contributed by atoms with Crippen LogP contribution in [-0.2, 0) is 11.2 Å². The highest BCUT2D eigenvalue weighted by molar-refractivity contribution is 5.67. The minimum atomic E-state index is -1.44. The Hall–Kier alpha value is -2.17. The third kappa shape index (κ3) is 6.22. The number of halogens is 1. The molecular weight excluding hydrogens is 303 g/mol. The number of hydrogen-bond donors (Lipinski definition) is 3. The van der Waals surface area contributed by atoms with Crippen LogP contribution in [0.25, 0.3) is 0 Å². The zero-order valence-electron chi connectivity index (χ0n) is 13.3. The van der Waals surface area contributed by atoms with E-state index in [4.69, 9.17) is 10.00 Å². The van der Waals surface area contributed by atoms with Gasteiger partial charge in [0.15, 0.2) is 0 Å². The van der Waals surface area contributed by atoms with E-state index in [1.165, 1.54) is 12.1 Å². The van der Waals surface area contributed by atoms with Crippen LogP contribution in [0.15, 0.2) is 18.2 Å². The molecule has 23 heavy (non-hydrogen) atoms. The highest BCUT2D eigenvalue weighted by atomic mass is 19.1. The number of rotatable bonds is 5. The maximum atomic E-state index is 13.3. The second-order valence-corrected chi connectivity index (χ2v) is 6.07. The Labute approximate surface area is 134 Å². The number of carbonyl (C=O) groups excluding carboxylic acids is 1. The molecule has 7 heteroatoms. The van der Waals surface area contributed by atoms with Gasteiger partial charge >= 0.3 is 6.09 Å². The van der Waals surface area contributed by atoms with E-state index in [1.54, 1.807) is 20.8 Å². The second kappa shape index (κ2) is 7.90. The van der Waals surface area contributed by atoms with Gasteiger partial charge in [0.05, 0.1) is 12.5 Å². The van der Waals surface area contributed by atoms with Crippen molar-refractivity contribution in [3.8, 4) is 6.07 Å². The van der Waals surface area contributed by atoms with Gasteiger partial charge in [0.25, 0.3) is 0 Å². The first-order chi connectivity index (χ1) is 10.6. The molecule has 0 heterocycles. The minimum Gasteiger partial charge on any atom is -0.444 e. The molecule has 0 saturated heterocycles. The standard InChI is InChI=1S/C16H21FN2O4/c1-16(2,3)23-15(22)19-9-13(20)14(21)12-8-11(17)5-4-10(12)6-7-18/h4-5,8,13-14,20-21H,6,9H2,1-3H3,(H,19,22). The SMILES string of the molecule is CC(C)(C)OC(=O)NCC(O)C(O)c1cc(F)ccc1CC#N. The van der Waals surface area contributed by atoms with E-state index in [2.05, 4.69) is 5.32 Å². The number of ether oxygens (including phenoxy) is 1. The minimum absolute atomic E-state index is 0.0289. The summed E-state index contributed by atoms with van der Waals surface area (Å²) in [5, 5.41) is 31.2. The Morgan fingerprint density at radius 1 is 1.43 bits per heavy atom. The number of aliphatic hydroxyl groups excluding tert-OH is 2.